The van der Waals surface area contributed by atoms with Gasteiger partial charge in [0, 0.05) is 5.56 Å². The molecule has 0 saturated carbocycles. The molecule has 0 bridgehead atoms. The number of urea groups is 1. The maximum absolute atomic E-state index is 12.9. The van der Waals surface area contributed by atoms with E-state index in [0.29, 0.717) is 6.42 Å². The Balaban J connectivity index is 1.66. The zero-order chi connectivity index (χ0) is 22.6. The first kappa shape index (κ1) is 22.4. The lowest BCUT2D eigenvalue weighted by molar-refractivity contribution is -0.131. The molecule has 2 aromatic carbocycles. The third-order valence-corrected chi connectivity index (χ3v) is 4.92. The monoisotopic (exact) mass is 440 g/mol. The first-order valence-corrected chi connectivity index (χ1v) is 9.38. The Kier molecular flexibility index (Phi) is 6.67. The second-order valence-electron chi connectivity index (χ2n) is 7.16. The number of carbonyl (C=O) groups excluding carboxylic acids is 2. The summed E-state index contributed by atoms with van der Waals surface area (Å²) in [5.74, 6) is -0.592. The predicted octanol–water partition coefficient (Wildman–Crippen LogP) is 4.33. The van der Waals surface area contributed by atoms with Crippen molar-refractivity contribution < 1.29 is 36.6 Å². The van der Waals surface area contributed by atoms with E-state index in [1.807, 2.05) is 0 Å². The van der Waals surface area contributed by atoms with Gasteiger partial charge >= 0.3 is 19.3 Å². The number of amides is 3. The molecule has 1 atom stereocenters. The number of hydrogen-bond donors (Lipinski definition) is 1. The van der Waals surface area contributed by atoms with Gasteiger partial charge in [0.05, 0.1) is 6.54 Å². The average molecular weight is 440 g/mol. The highest BCUT2D eigenvalue weighted by molar-refractivity contribution is 6.06. The van der Waals surface area contributed by atoms with Gasteiger partial charge in [-0.15, -0.1) is 0 Å². The number of imide groups is 1. The topological polar surface area (TPSA) is 67.9 Å². The SMILES string of the molecule is CC1(CCc2ccc(OC(F)F)cc2)NC(=O)N(Cc2ccccc2OC(F)F)C1=O. The van der Waals surface area contributed by atoms with E-state index in [9.17, 15) is 27.2 Å². The van der Waals surface area contributed by atoms with Crippen molar-refractivity contribution in [2.24, 2.45) is 0 Å². The van der Waals surface area contributed by atoms with Crippen molar-refractivity contribution in [1.82, 2.24) is 10.2 Å². The number of benzene rings is 2. The Hall–Kier alpha value is -3.30. The van der Waals surface area contributed by atoms with Crippen LogP contribution in [0.25, 0.3) is 0 Å². The van der Waals surface area contributed by atoms with E-state index in [2.05, 4.69) is 14.8 Å². The maximum atomic E-state index is 12.9. The van der Waals surface area contributed by atoms with Gasteiger partial charge in [-0.3, -0.25) is 9.69 Å². The van der Waals surface area contributed by atoms with E-state index in [0.717, 1.165) is 10.5 Å². The smallest absolute Gasteiger partial charge is 0.387 e. The number of alkyl halides is 4. The van der Waals surface area contributed by atoms with E-state index >= 15 is 0 Å². The molecule has 2 aromatic rings. The summed E-state index contributed by atoms with van der Waals surface area (Å²) in [7, 11) is 0. The minimum atomic E-state index is -3.04. The molecule has 1 unspecified atom stereocenters. The highest BCUT2D eigenvalue weighted by atomic mass is 19.3. The van der Waals surface area contributed by atoms with Crippen LogP contribution in [0, 0.1) is 0 Å². The van der Waals surface area contributed by atoms with Crippen LogP contribution in [0.15, 0.2) is 48.5 Å². The molecule has 0 aliphatic carbocycles. The maximum Gasteiger partial charge on any atom is 0.387 e. The lowest BCUT2D eigenvalue weighted by Crippen LogP contribution is -2.44. The summed E-state index contributed by atoms with van der Waals surface area (Å²) in [4.78, 5) is 26.3. The first-order valence-electron chi connectivity index (χ1n) is 9.38. The number of rotatable bonds is 9. The summed E-state index contributed by atoms with van der Waals surface area (Å²) in [6.07, 6.45) is 0.634. The van der Waals surface area contributed by atoms with Crippen molar-refractivity contribution in [3.8, 4) is 11.5 Å². The number of nitrogens with zero attached hydrogens (tertiary/aromatic N) is 1. The van der Waals surface area contributed by atoms with Gasteiger partial charge in [0.1, 0.15) is 17.0 Å². The fourth-order valence-electron chi connectivity index (χ4n) is 3.31. The molecule has 1 heterocycles. The average Bonchev–Trinajstić information content (AvgIpc) is 2.91. The zero-order valence-corrected chi connectivity index (χ0v) is 16.5. The minimum absolute atomic E-state index is 0.0195. The largest absolute Gasteiger partial charge is 0.435 e. The summed E-state index contributed by atoms with van der Waals surface area (Å²) < 4.78 is 58.4. The van der Waals surface area contributed by atoms with E-state index in [1.54, 1.807) is 25.1 Å². The van der Waals surface area contributed by atoms with Gasteiger partial charge in [0.2, 0.25) is 0 Å². The highest BCUT2D eigenvalue weighted by Gasteiger charge is 2.47. The van der Waals surface area contributed by atoms with Gasteiger partial charge in [-0.2, -0.15) is 17.6 Å². The molecular weight excluding hydrogens is 420 g/mol. The van der Waals surface area contributed by atoms with Gasteiger partial charge in [-0.05, 0) is 43.5 Å². The number of aryl methyl sites for hydroxylation is 1. The van der Waals surface area contributed by atoms with Gasteiger partial charge in [-0.25, -0.2) is 4.79 Å². The summed E-state index contributed by atoms with van der Waals surface area (Å²) in [5.41, 5.74) is -0.169. The molecule has 6 nitrogen and oxygen atoms in total. The molecule has 0 spiro atoms. The van der Waals surface area contributed by atoms with Crippen molar-refractivity contribution in [3.63, 3.8) is 0 Å². The molecule has 3 amide bonds. The molecular formula is C21H20F4N2O4. The lowest BCUT2D eigenvalue weighted by Gasteiger charge is -2.22. The van der Waals surface area contributed by atoms with Gasteiger partial charge < -0.3 is 14.8 Å². The molecule has 0 radical (unpaired) electrons. The molecule has 31 heavy (non-hydrogen) atoms. The number of halogens is 4. The summed E-state index contributed by atoms with van der Waals surface area (Å²) in [6, 6.07) is 11.3. The third-order valence-electron chi connectivity index (χ3n) is 4.92. The van der Waals surface area contributed by atoms with Crippen LogP contribution in [0.2, 0.25) is 0 Å². The Morgan fingerprint density at radius 1 is 0.968 bits per heavy atom. The molecule has 0 aromatic heterocycles. The molecule has 1 saturated heterocycles. The summed E-state index contributed by atoms with van der Waals surface area (Å²) in [5, 5.41) is 2.64. The normalized spacial score (nSPS) is 18.6. The Bertz CT molecular complexity index is 939. The van der Waals surface area contributed by atoms with Crippen molar-refractivity contribution in [3.05, 3.63) is 59.7 Å². The molecule has 1 aliphatic rings. The van der Waals surface area contributed by atoms with Gasteiger partial charge in [-0.1, -0.05) is 30.3 Å². The standard InChI is InChI=1S/C21H20F4N2O4/c1-21(11-10-13-6-8-15(9-7-13)30-18(22)23)17(28)27(20(29)26-21)12-14-4-2-3-5-16(14)31-19(24)25/h2-9,18-19H,10-12H2,1H3,(H,26,29). The highest BCUT2D eigenvalue weighted by Crippen LogP contribution is 2.28. The third kappa shape index (κ3) is 5.44. The summed E-state index contributed by atoms with van der Waals surface area (Å²) in [6.45, 7) is -4.60. The van der Waals surface area contributed by atoms with Gasteiger partial charge in [0.25, 0.3) is 5.91 Å². The van der Waals surface area contributed by atoms with Crippen LogP contribution < -0.4 is 14.8 Å². The van der Waals surface area contributed by atoms with E-state index < -0.39 is 30.7 Å². The number of hydrogen-bond acceptors (Lipinski definition) is 4. The molecule has 3 rings (SSSR count). The van der Waals surface area contributed by atoms with Crippen LogP contribution in [-0.2, 0) is 17.8 Å². The summed E-state index contributed by atoms with van der Waals surface area (Å²) >= 11 is 0. The van der Waals surface area contributed by atoms with Gasteiger partial charge in [0.15, 0.2) is 0 Å². The van der Waals surface area contributed by atoms with Crippen LogP contribution in [0.4, 0.5) is 22.4 Å². The Morgan fingerprint density at radius 3 is 2.26 bits per heavy atom. The van der Waals surface area contributed by atoms with Crippen LogP contribution >= 0.6 is 0 Å². The molecule has 1 fully saturated rings. The Morgan fingerprint density at radius 2 is 1.61 bits per heavy atom. The number of para-hydroxylation sites is 1. The van der Waals surface area contributed by atoms with E-state index in [4.69, 9.17) is 0 Å². The van der Waals surface area contributed by atoms with Crippen LogP contribution in [-0.4, -0.2) is 35.6 Å². The predicted molar refractivity (Wildman–Crippen MR) is 102 cm³/mol. The number of nitrogens with one attached hydrogen (secondary N) is 1. The van der Waals surface area contributed by atoms with Crippen LogP contribution in [0.1, 0.15) is 24.5 Å². The second kappa shape index (κ2) is 9.23. The van der Waals surface area contributed by atoms with E-state index in [-0.39, 0.29) is 30.0 Å². The van der Waals surface area contributed by atoms with Crippen LogP contribution in [0.3, 0.4) is 0 Å². The Labute approximate surface area is 175 Å². The quantitative estimate of drug-likeness (QED) is 0.466. The van der Waals surface area contributed by atoms with Crippen LogP contribution in [0.5, 0.6) is 11.5 Å². The van der Waals surface area contributed by atoms with Crippen molar-refractivity contribution in [2.45, 2.75) is 45.1 Å². The lowest BCUT2D eigenvalue weighted by atomic mass is 9.93. The minimum Gasteiger partial charge on any atom is -0.435 e. The zero-order valence-electron chi connectivity index (χ0n) is 16.5. The fourth-order valence-corrected chi connectivity index (χ4v) is 3.31. The second-order valence-corrected chi connectivity index (χ2v) is 7.16. The molecule has 166 valence electrons. The fraction of sp³-hybridized carbons (Fsp3) is 0.333. The molecule has 10 heteroatoms. The number of carbonyl (C=O) groups is 2. The number of ether oxygens (including phenoxy) is 2. The van der Waals surface area contributed by atoms with Crippen molar-refractivity contribution in [1.29, 1.82) is 0 Å². The molecule has 1 aliphatic heterocycles. The van der Waals surface area contributed by atoms with Crippen molar-refractivity contribution >= 4 is 11.9 Å². The first-order chi connectivity index (χ1) is 14.7. The molecule has 1 N–H and O–H groups in total. The van der Waals surface area contributed by atoms with Crippen molar-refractivity contribution in [2.75, 3.05) is 0 Å². The van der Waals surface area contributed by atoms with E-state index in [1.165, 1.54) is 30.3 Å².